The van der Waals surface area contributed by atoms with Crippen LogP contribution in [-0.2, 0) is 14.4 Å². The first-order valence-electron chi connectivity index (χ1n) is 8.97. The van der Waals surface area contributed by atoms with Crippen LogP contribution in [0.5, 0.6) is 0 Å². The summed E-state index contributed by atoms with van der Waals surface area (Å²) in [5.74, 6) is 0. The van der Waals surface area contributed by atoms with E-state index < -0.39 is 18.3 Å². The molecular weight excluding hydrogens is 378 g/mol. The van der Waals surface area contributed by atoms with Crippen LogP contribution in [0.25, 0.3) is 0 Å². The van der Waals surface area contributed by atoms with Crippen molar-refractivity contribution in [2.24, 2.45) is 0 Å². The molecule has 1 heterocycles. The summed E-state index contributed by atoms with van der Waals surface area (Å²) in [7, 11) is -5.87. The molecule has 148 valence electrons. The Kier molecular flexibility index (Phi) is 5.90. The maximum Gasteiger partial charge on any atom is 0.268 e. The van der Waals surface area contributed by atoms with E-state index in [0.29, 0.717) is 11.8 Å². The average Bonchev–Trinajstić information content (AvgIpc) is 2.99. The molecule has 2 rings (SSSR count). The van der Waals surface area contributed by atoms with Crippen LogP contribution in [0.3, 0.4) is 0 Å². The van der Waals surface area contributed by atoms with Crippen molar-refractivity contribution in [3.05, 3.63) is 53.3 Å². The average molecular weight is 408 g/mol. The Morgan fingerprint density at radius 3 is 2.19 bits per heavy atom. The molecule has 1 aromatic carbocycles. The first kappa shape index (κ1) is 21.6. The number of carbonyl (C=O) groups is 1. The van der Waals surface area contributed by atoms with Crippen molar-refractivity contribution in [1.29, 1.82) is 0 Å². The predicted octanol–water partition coefficient (Wildman–Crippen LogP) is 4.93. The van der Waals surface area contributed by atoms with E-state index in [1.165, 1.54) is 6.20 Å². The van der Waals surface area contributed by atoms with E-state index in [2.05, 4.69) is 33.9 Å². The summed E-state index contributed by atoms with van der Waals surface area (Å²) in [5, 5.41) is 0.0330. The van der Waals surface area contributed by atoms with Crippen LogP contribution in [0.2, 0.25) is 18.1 Å². The summed E-state index contributed by atoms with van der Waals surface area (Å²) in [6.07, 6.45) is 1.75. The molecule has 0 aliphatic rings. The second-order valence-corrected chi connectivity index (χ2v) is 15.0. The molecule has 0 N–H and O–H groups in total. The molecule has 0 saturated heterocycles. The number of aldehydes is 1. The maximum absolute atomic E-state index is 13.0. The fourth-order valence-corrected chi connectivity index (χ4v) is 5.22. The highest BCUT2D eigenvalue weighted by Crippen LogP contribution is 2.39. The van der Waals surface area contributed by atoms with Crippen molar-refractivity contribution in [2.75, 3.05) is 0 Å². The van der Waals surface area contributed by atoms with Gasteiger partial charge in [0.15, 0.2) is 14.6 Å². The van der Waals surface area contributed by atoms with Gasteiger partial charge < -0.3 is 4.43 Å². The summed E-state index contributed by atoms with van der Waals surface area (Å²) in [6.45, 7) is 14.5. The second-order valence-electron chi connectivity index (χ2n) is 8.45. The van der Waals surface area contributed by atoms with Gasteiger partial charge in [-0.05, 0) is 55.7 Å². The highest BCUT2D eigenvalue weighted by Gasteiger charge is 2.39. The molecule has 0 saturated carbocycles. The Morgan fingerprint density at radius 1 is 1.15 bits per heavy atom. The highest BCUT2D eigenvalue weighted by atomic mass is 32.2. The van der Waals surface area contributed by atoms with Crippen LogP contribution in [0.4, 0.5) is 0 Å². The van der Waals surface area contributed by atoms with Gasteiger partial charge in [-0.25, -0.2) is 12.4 Å². The molecule has 1 aromatic heterocycles. The van der Waals surface area contributed by atoms with Crippen molar-refractivity contribution in [2.45, 2.75) is 63.8 Å². The molecule has 0 amide bonds. The molecule has 27 heavy (non-hydrogen) atoms. The third-order valence-electron chi connectivity index (χ3n) is 5.28. The van der Waals surface area contributed by atoms with Gasteiger partial charge in [0.05, 0.1) is 16.7 Å². The Labute approximate surface area is 163 Å². The van der Waals surface area contributed by atoms with E-state index in [1.54, 1.807) is 30.3 Å². The number of hydrogen-bond donors (Lipinski definition) is 0. The van der Waals surface area contributed by atoms with Gasteiger partial charge in [-0.15, -0.1) is 0 Å². The Morgan fingerprint density at radius 2 is 1.70 bits per heavy atom. The molecular formula is C20H29NO4SSi. The predicted molar refractivity (Wildman–Crippen MR) is 110 cm³/mol. The number of benzene rings is 1. The zero-order valence-electron chi connectivity index (χ0n) is 17.1. The SMILES string of the molecule is Cc1ccc(S(=O)(=O)n2cc(C(C)O[Si](C)(C)C(C)(C)C)cc2C=O)cc1. The summed E-state index contributed by atoms with van der Waals surface area (Å²) in [6, 6.07) is 8.17. The summed E-state index contributed by atoms with van der Waals surface area (Å²) in [5.41, 5.74) is 1.74. The monoisotopic (exact) mass is 407 g/mol. The van der Waals surface area contributed by atoms with Gasteiger partial charge >= 0.3 is 0 Å². The van der Waals surface area contributed by atoms with E-state index >= 15 is 0 Å². The van der Waals surface area contributed by atoms with Gasteiger partial charge in [0, 0.05) is 6.20 Å². The quantitative estimate of drug-likeness (QED) is 0.503. The number of rotatable bonds is 6. The lowest BCUT2D eigenvalue weighted by atomic mass is 10.2. The third kappa shape index (κ3) is 4.42. The van der Waals surface area contributed by atoms with Crippen LogP contribution in [-0.4, -0.2) is 27.0 Å². The third-order valence-corrected chi connectivity index (χ3v) is 11.5. The largest absolute Gasteiger partial charge is 0.410 e. The molecule has 5 nitrogen and oxygen atoms in total. The van der Waals surface area contributed by atoms with Gasteiger partial charge in [-0.1, -0.05) is 38.5 Å². The molecule has 0 fully saturated rings. The molecule has 0 bridgehead atoms. The molecule has 2 aromatic rings. The Hall–Kier alpha value is -1.70. The summed E-state index contributed by atoms with van der Waals surface area (Å²) >= 11 is 0. The first-order chi connectivity index (χ1) is 12.3. The van der Waals surface area contributed by atoms with Gasteiger partial charge in [0.25, 0.3) is 10.0 Å². The first-order valence-corrected chi connectivity index (χ1v) is 13.3. The van der Waals surface area contributed by atoms with E-state index in [9.17, 15) is 13.2 Å². The topological polar surface area (TPSA) is 65.4 Å². The summed E-state index contributed by atoms with van der Waals surface area (Å²) in [4.78, 5) is 11.7. The van der Waals surface area contributed by atoms with Crippen LogP contribution in [0.1, 0.15) is 55.4 Å². The van der Waals surface area contributed by atoms with Crippen LogP contribution >= 0.6 is 0 Å². The highest BCUT2D eigenvalue weighted by molar-refractivity contribution is 7.90. The standard InChI is InChI=1S/C20H29NO4SSi/c1-15-8-10-19(11-9-15)26(23,24)21-13-17(12-18(21)14-22)16(2)25-27(6,7)20(3,4)5/h8-14,16H,1-7H3. The smallest absolute Gasteiger partial charge is 0.268 e. The molecule has 0 radical (unpaired) electrons. The number of nitrogens with zero attached hydrogens (tertiary/aromatic N) is 1. The van der Waals surface area contributed by atoms with Gasteiger partial charge in [-0.3, -0.25) is 4.79 Å². The van der Waals surface area contributed by atoms with Gasteiger partial charge in [0.2, 0.25) is 0 Å². The minimum absolute atomic E-state index is 0.0330. The van der Waals surface area contributed by atoms with Crippen molar-refractivity contribution in [3.63, 3.8) is 0 Å². The van der Waals surface area contributed by atoms with E-state index in [0.717, 1.165) is 9.54 Å². The maximum atomic E-state index is 13.0. The van der Waals surface area contributed by atoms with Crippen molar-refractivity contribution in [3.8, 4) is 0 Å². The fourth-order valence-electron chi connectivity index (χ4n) is 2.51. The van der Waals surface area contributed by atoms with Crippen LogP contribution < -0.4 is 0 Å². The molecule has 7 heteroatoms. The molecule has 1 unspecified atom stereocenters. The Balaban J connectivity index is 2.43. The fraction of sp³-hybridized carbons (Fsp3) is 0.450. The van der Waals surface area contributed by atoms with Crippen molar-refractivity contribution < 1.29 is 17.6 Å². The van der Waals surface area contributed by atoms with Crippen molar-refractivity contribution >= 4 is 24.6 Å². The number of aryl methyl sites for hydroxylation is 1. The van der Waals surface area contributed by atoms with E-state index in [-0.39, 0.29) is 21.7 Å². The molecule has 1 atom stereocenters. The lowest BCUT2D eigenvalue weighted by Gasteiger charge is -2.38. The van der Waals surface area contributed by atoms with E-state index in [4.69, 9.17) is 4.43 Å². The number of aromatic nitrogens is 1. The van der Waals surface area contributed by atoms with E-state index in [1.807, 2.05) is 13.8 Å². The molecule has 0 spiro atoms. The lowest BCUT2D eigenvalue weighted by Crippen LogP contribution is -2.41. The van der Waals surface area contributed by atoms with Crippen LogP contribution in [0.15, 0.2) is 41.4 Å². The molecule has 0 aliphatic carbocycles. The van der Waals surface area contributed by atoms with Crippen LogP contribution in [0, 0.1) is 6.92 Å². The van der Waals surface area contributed by atoms with Gasteiger partial charge in [-0.2, -0.15) is 0 Å². The molecule has 0 aliphatic heterocycles. The lowest BCUT2D eigenvalue weighted by molar-refractivity contribution is 0.111. The van der Waals surface area contributed by atoms with Crippen molar-refractivity contribution in [1.82, 2.24) is 3.97 Å². The zero-order valence-corrected chi connectivity index (χ0v) is 18.9. The normalized spacial score (nSPS) is 14.2. The zero-order chi connectivity index (χ0) is 20.6. The van der Waals surface area contributed by atoms with Gasteiger partial charge in [0.1, 0.15) is 0 Å². The minimum Gasteiger partial charge on any atom is -0.410 e. The number of hydrogen-bond acceptors (Lipinski definition) is 4. The second kappa shape index (κ2) is 7.37. The summed E-state index contributed by atoms with van der Waals surface area (Å²) < 4.78 is 33.4. The Bertz CT molecular complexity index is 922. The minimum atomic E-state index is -3.84. The number of carbonyl (C=O) groups excluding carboxylic acids is 1.